The van der Waals surface area contributed by atoms with Gasteiger partial charge in [0, 0.05) is 0 Å². The van der Waals surface area contributed by atoms with Crippen molar-refractivity contribution < 1.29 is 32.5 Å². The molecule has 0 unspecified atom stereocenters. The zero-order valence-electron chi connectivity index (χ0n) is 14.2. The topological polar surface area (TPSA) is 71.4 Å². The Morgan fingerprint density at radius 3 is 2.24 bits per heavy atom. The molecule has 1 N–H and O–H groups in total. The molecule has 0 saturated heterocycles. The maximum atomic E-state index is 13.4. The minimum atomic E-state index is -5.11. The summed E-state index contributed by atoms with van der Waals surface area (Å²) in [5.41, 5.74) is -4.27. The summed E-state index contributed by atoms with van der Waals surface area (Å²) in [6, 6.07) is 6.07. The first-order valence-electron chi connectivity index (χ1n) is 7.41. The third kappa shape index (κ3) is 3.87. The number of methoxy groups -OCH3 is 1. The standard InChI is InChI=1S/C16H19F3N2O4/c1-14(2,3)25-13(22)21-15(23,16(17,18)19)9-12(20-21)10-5-7-11(24-4)8-6-10/h5-8,23H,9H2,1-4H3/t15-/m0/s1. The Bertz CT molecular complexity index is 680. The van der Waals surface area contributed by atoms with E-state index >= 15 is 0 Å². The summed E-state index contributed by atoms with van der Waals surface area (Å²) in [6.07, 6.45) is -7.39. The molecule has 138 valence electrons. The Kier molecular flexibility index (Phi) is 4.73. The molecule has 0 bridgehead atoms. The zero-order valence-corrected chi connectivity index (χ0v) is 14.2. The maximum Gasteiger partial charge on any atom is 0.439 e. The summed E-state index contributed by atoms with van der Waals surface area (Å²) in [5, 5.41) is 13.8. The van der Waals surface area contributed by atoms with Crippen LogP contribution in [0.4, 0.5) is 18.0 Å². The van der Waals surface area contributed by atoms with Crippen molar-refractivity contribution in [1.82, 2.24) is 5.01 Å². The molecule has 9 heteroatoms. The van der Waals surface area contributed by atoms with E-state index in [1.54, 1.807) is 12.1 Å². The van der Waals surface area contributed by atoms with Gasteiger partial charge in [-0.3, -0.25) is 0 Å². The molecule has 1 aliphatic rings. The average Bonchev–Trinajstić information content (AvgIpc) is 2.85. The number of rotatable bonds is 2. The number of hydrogen-bond acceptors (Lipinski definition) is 5. The molecule has 0 fully saturated rings. The van der Waals surface area contributed by atoms with E-state index in [1.807, 2.05) is 0 Å². The van der Waals surface area contributed by atoms with Crippen LogP contribution in [0.5, 0.6) is 5.75 Å². The summed E-state index contributed by atoms with van der Waals surface area (Å²) in [4.78, 5) is 12.1. The van der Waals surface area contributed by atoms with Gasteiger partial charge >= 0.3 is 12.3 Å². The molecule has 1 atom stereocenters. The van der Waals surface area contributed by atoms with Gasteiger partial charge in [0.2, 0.25) is 0 Å². The summed E-state index contributed by atoms with van der Waals surface area (Å²) in [5.74, 6) is 0.512. The van der Waals surface area contributed by atoms with E-state index in [9.17, 15) is 23.1 Å². The molecule has 1 amide bonds. The Labute approximate surface area is 142 Å². The second kappa shape index (κ2) is 6.21. The van der Waals surface area contributed by atoms with Crippen LogP contribution >= 0.6 is 0 Å². The molecule has 0 aromatic heterocycles. The van der Waals surface area contributed by atoms with E-state index < -0.39 is 30.0 Å². The number of amides is 1. The van der Waals surface area contributed by atoms with E-state index in [0.29, 0.717) is 11.3 Å². The predicted molar refractivity (Wildman–Crippen MR) is 83.2 cm³/mol. The van der Waals surface area contributed by atoms with Crippen LogP contribution in [0.25, 0.3) is 0 Å². The minimum Gasteiger partial charge on any atom is -0.497 e. The molecule has 0 spiro atoms. The fourth-order valence-electron chi connectivity index (χ4n) is 2.21. The lowest BCUT2D eigenvalue weighted by atomic mass is 10.0. The first kappa shape index (κ1) is 19.0. The summed E-state index contributed by atoms with van der Waals surface area (Å²) < 4.78 is 50.1. The van der Waals surface area contributed by atoms with Crippen molar-refractivity contribution in [2.24, 2.45) is 5.10 Å². The molecule has 1 aromatic carbocycles. The van der Waals surface area contributed by atoms with E-state index in [-0.39, 0.29) is 10.7 Å². The van der Waals surface area contributed by atoms with E-state index in [2.05, 4.69) is 5.10 Å². The van der Waals surface area contributed by atoms with Crippen LogP contribution < -0.4 is 4.74 Å². The van der Waals surface area contributed by atoms with Crippen LogP contribution in [0.3, 0.4) is 0 Å². The second-order valence-electron chi connectivity index (χ2n) is 6.56. The molecule has 2 rings (SSSR count). The lowest BCUT2D eigenvalue weighted by molar-refractivity contribution is -0.300. The van der Waals surface area contributed by atoms with Gasteiger partial charge in [0.25, 0.3) is 5.72 Å². The molecule has 1 aromatic rings. The number of hydrogen-bond donors (Lipinski definition) is 1. The highest BCUT2D eigenvalue weighted by Crippen LogP contribution is 2.42. The molecule has 6 nitrogen and oxygen atoms in total. The van der Waals surface area contributed by atoms with Crippen molar-refractivity contribution in [2.45, 2.75) is 44.7 Å². The quantitative estimate of drug-likeness (QED) is 0.879. The second-order valence-corrected chi connectivity index (χ2v) is 6.56. The van der Waals surface area contributed by atoms with Crippen LogP contribution in [0.2, 0.25) is 0 Å². The first-order valence-corrected chi connectivity index (χ1v) is 7.41. The van der Waals surface area contributed by atoms with E-state index in [4.69, 9.17) is 9.47 Å². The van der Waals surface area contributed by atoms with Gasteiger partial charge < -0.3 is 14.6 Å². The maximum absolute atomic E-state index is 13.4. The van der Waals surface area contributed by atoms with Gasteiger partial charge in [0.1, 0.15) is 11.4 Å². The number of nitrogens with zero attached hydrogens (tertiary/aromatic N) is 2. The molecular formula is C16H19F3N2O4. The SMILES string of the molecule is COc1ccc(C2=NN(C(=O)OC(C)(C)C)[C@@](O)(C(F)(F)F)C2)cc1. The van der Waals surface area contributed by atoms with Crippen molar-refractivity contribution in [3.8, 4) is 5.75 Å². The monoisotopic (exact) mass is 360 g/mol. The van der Waals surface area contributed by atoms with Gasteiger partial charge in [-0.15, -0.1) is 0 Å². The number of benzene rings is 1. The molecule has 0 aliphatic carbocycles. The first-order chi connectivity index (χ1) is 11.4. The van der Waals surface area contributed by atoms with Crippen molar-refractivity contribution in [2.75, 3.05) is 7.11 Å². The lowest BCUT2D eigenvalue weighted by Gasteiger charge is -2.33. The van der Waals surface area contributed by atoms with Crippen LogP contribution in [-0.4, -0.2) is 46.5 Å². The summed E-state index contributed by atoms with van der Waals surface area (Å²) >= 11 is 0. The number of aliphatic hydroxyl groups is 1. The zero-order chi connectivity index (χ0) is 19.0. The van der Waals surface area contributed by atoms with Crippen molar-refractivity contribution in [1.29, 1.82) is 0 Å². The van der Waals surface area contributed by atoms with Crippen LogP contribution in [-0.2, 0) is 4.74 Å². The molecule has 1 aliphatic heterocycles. The Hall–Kier alpha value is -2.29. The largest absolute Gasteiger partial charge is 0.497 e. The summed E-state index contributed by atoms with van der Waals surface area (Å²) in [7, 11) is 1.45. The normalized spacial score (nSPS) is 21.1. The number of ether oxygens (including phenoxy) is 2. The van der Waals surface area contributed by atoms with Crippen molar-refractivity contribution >= 4 is 11.8 Å². The van der Waals surface area contributed by atoms with Crippen LogP contribution in [0.1, 0.15) is 32.8 Å². The van der Waals surface area contributed by atoms with E-state index in [1.165, 1.54) is 40.0 Å². The van der Waals surface area contributed by atoms with Gasteiger partial charge in [-0.05, 0) is 50.6 Å². The van der Waals surface area contributed by atoms with Crippen molar-refractivity contribution in [3.05, 3.63) is 29.8 Å². The van der Waals surface area contributed by atoms with Crippen LogP contribution in [0, 0.1) is 0 Å². The highest BCUT2D eigenvalue weighted by Gasteiger charge is 2.64. The minimum absolute atomic E-state index is 0.0438. The Morgan fingerprint density at radius 2 is 1.80 bits per heavy atom. The number of halogens is 3. The molecular weight excluding hydrogens is 341 g/mol. The Balaban J connectivity index is 2.40. The smallest absolute Gasteiger partial charge is 0.439 e. The average molecular weight is 360 g/mol. The number of alkyl halides is 3. The number of carbonyl (C=O) groups is 1. The van der Waals surface area contributed by atoms with Gasteiger partial charge in [0.05, 0.1) is 19.2 Å². The predicted octanol–water partition coefficient (Wildman–Crippen LogP) is 3.29. The van der Waals surface area contributed by atoms with Gasteiger partial charge in [-0.1, -0.05) is 0 Å². The van der Waals surface area contributed by atoms with Crippen molar-refractivity contribution in [3.63, 3.8) is 0 Å². The summed E-state index contributed by atoms with van der Waals surface area (Å²) in [6.45, 7) is 4.51. The lowest BCUT2D eigenvalue weighted by Crippen LogP contribution is -2.57. The fraction of sp³-hybridized carbons (Fsp3) is 0.500. The van der Waals surface area contributed by atoms with Gasteiger partial charge in [0.15, 0.2) is 0 Å². The third-order valence-electron chi connectivity index (χ3n) is 3.43. The number of hydrazone groups is 1. The molecule has 1 heterocycles. The molecule has 25 heavy (non-hydrogen) atoms. The number of carbonyl (C=O) groups excluding carboxylic acids is 1. The van der Waals surface area contributed by atoms with Gasteiger partial charge in [-0.2, -0.15) is 23.3 Å². The Morgan fingerprint density at radius 1 is 1.24 bits per heavy atom. The highest BCUT2D eigenvalue weighted by atomic mass is 19.4. The van der Waals surface area contributed by atoms with E-state index in [0.717, 1.165) is 0 Å². The molecule has 0 saturated carbocycles. The highest BCUT2D eigenvalue weighted by molar-refractivity contribution is 6.03. The molecule has 0 radical (unpaired) electrons. The third-order valence-corrected chi connectivity index (χ3v) is 3.43. The van der Waals surface area contributed by atoms with Gasteiger partial charge in [-0.25, -0.2) is 4.79 Å². The van der Waals surface area contributed by atoms with Crippen LogP contribution in [0.15, 0.2) is 29.4 Å². The fourth-order valence-corrected chi connectivity index (χ4v) is 2.21.